The molecule has 1 unspecified atom stereocenters. The number of nitrogens with zero attached hydrogens (tertiary/aromatic N) is 1. The van der Waals surface area contributed by atoms with Crippen molar-refractivity contribution in [3.63, 3.8) is 0 Å². The van der Waals surface area contributed by atoms with Gasteiger partial charge in [0.25, 0.3) is 5.91 Å². The summed E-state index contributed by atoms with van der Waals surface area (Å²) in [5.41, 5.74) is 6.67. The number of aromatic nitrogens is 1. The average molecular weight is 281 g/mol. The molecule has 1 atom stereocenters. The quantitative estimate of drug-likeness (QED) is 0.839. The lowest BCUT2D eigenvalue weighted by Crippen LogP contribution is -2.41. The van der Waals surface area contributed by atoms with E-state index in [0.717, 1.165) is 22.0 Å². The third-order valence-corrected chi connectivity index (χ3v) is 4.39. The molecular weight excluding hydrogens is 258 g/mol. The van der Waals surface area contributed by atoms with Gasteiger partial charge in [0.15, 0.2) is 0 Å². The third kappa shape index (κ3) is 3.76. The molecule has 1 heterocycles. The molecule has 5 heteroatoms. The van der Waals surface area contributed by atoms with Crippen LogP contribution in [0.1, 0.15) is 47.1 Å². The van der Waals surface area contributed by atoms with Crippen LogP contribution in [0.15, 0.2) is 0 Å². The van der Waals surface area contributed by atoms with Crippen molar-refractivity contribution in [2.24, 2.45) is 17.6 Å². The summed E-state index contributed by atoms with van der Waals surface area (Å²) >= 11 is 1.49. The van der Waals surface area contributed by atoms with Crippen LogP contribution in [0, 0.1) is 18.8 Å². The van der Waals surface area contributed by atoms with Crippen LogP contribution in [0.5, 0.6) is 0 Å². The van der Waals surface area contributed by atoms with Crippen LogP contribution in [0.25, 0.3) is 0 Å². The Morgan fingerprint density at radius 3 is 2.74 bits per heavy atom. The van der Waals surface area contributed by atoms with Gasteiger partial charge in [0.1, 0.15) is 4.88 Å². The van der Waals surface area contributed by atoms with Gasteiger partial charge in [-0.25, -0.2) is 4.98 Å². The number of carbonyl (C=O) groups excluding carboxylic acids is 1. The van der Waals surface area contributed by atoms with E-state index < -0.39 is 0 Å². The van der Waals surface area contributed by atoms with Crippen molar-refractivity contribution in [1.82, 2.24) is 10.3 Å². The number of carbonyl (C=O) groups is 1. The van der Waals surface area contributed by atoms with Crippen molar-refractivity contribution in [1.29, 1.82) is 0 Å². The van der Waals surface area contributed by atoms with Crippen LogP contribution in [0.2, 0.25) is 0 Å². The maximum Gasteiger partial charge on any atom is 0.263 e. The Labute approximate surface area is 118 Å². The number of nitrogens with one attached hydrogen (secondary N) is 1. The maximum atomic E-state index is 12.4. The number of hydrogen-bond donors (Lipinski definition) is 2. The summed E-state index contributed by atoms with van der Waals surface area (Å²) in [7, 11) is 0. The predicted molar refractivity (Wildman–Crippen MR) is 78.4 cm³/mol. The number of aryl methyl sites for hydroxylation is 1. The van der Waals surface area contributed by atoms with E-state index in [0.29, 0.717) is 18.4 Å². The Hall–Kier alpha value is -0.940. The van der Waals surface area contributed by atoms with Crippen LogP contribution in [-0.2, 0) is 6.42 Å². The first-order valence-electron chi connectivity index (χ1n) is 6.98. The molecule has 1 aromatic heterocycles. The summed E-state index contributed by atoms with van der Waals surface area (Å²) in [5, 5.41) is 4.03. The molecule has 1 aliphatic rings. The fraction of sp³-hybridized carbons (Fsp3) is 0.714. The third-order valence-electron chi connectivity index (χ3n) is 3.37. The second-order valence-electron chi connectivity index (χ2n) is 5.76. The SMILES string of the molecule is Cc1nc(CC(C)C)c(C(=O)NC(CN)C2CC2)s1. The molecular formula is C14H23N3OS. The van der Waals surface area contributed by atoms with Gasteiger partial charge in [0.2, 0.25) is 0 Å². The van der Waals surface area contributed by atoms with Crippen LogP contribution < -0.4 is 11.1 Å². The standard InChI is InChI=1S/C14H23N3OS/c1-8(2)6-11-13(19-9(3)16-11)14(18)17-12(7-15)10-4-5-10/h8,10,12H,4-7,15H2,1-3H3,(H,17,18). The van der Waals surface area contributed by atoms with E-state index in [1.807, 2.05) is 6.92 Å². The van der Waals surface area contributed by atoms with Gasteiger partial charge in [-0.15, -0.1) is 11.3 Å². The summed E-state index contributed by atoms with van der Waals surface area (Å²) in [6.07, 6.45) is 3.22. The lowest BCUT2D eigenvalue weighted by molar-refractivity contribution is 0.0936. The number of rotatable bonds is 6. The second-order valence-corrected chi connectivity index (χ2v) is 6.96. The first-order valence-corrected chi connectivity index (χ1v) is 7.80. The number of amides is 1. The molecule has 0 aromatic carbocycles. The molecule has 0 radical (unpaired) electrons. The molecule has 0 bridgehead atoms. The molecule has 19 heavy (non-hydrogen) atoms. The highest BCUT2D eigenvalue weighted by Gasteiger charge is 2.32. The van der Waals surface area contributed by atoms with E-state index in [1.54, 1.807) is 0 Å². The average Bonchev–Trinajstić information content (AvgIpc) is 3.10. The maximum absolute atomic E-state index is 12.4. The van der Waals surface area contributed by atoms with Crippen LogP contribution in [-0.4, -0.2) is 23.5 Å². The van der Waals surface area contributed by atoms with Crippen LogP contribution in [0.4, 0.5) is 0 Å². The minimum absolute atomic E-state index is 0.00333. The first kappa shape index (κ1) is 14.5. The van der Waals surface area contributed by atoms with E-state index >= 15 is 0 Å². The summed E-state index contributed by atoms with van der Waals surface area (Å²) in [4.78, 5) is 17.6. The highest BCUT2D eigenvalue weighted by atomic mass is 32.1. The molecule has 2 rings (SSSR count). The lowest BCUT2D eigenvalue weighted by atomic mass is 10.1. The molecule has 0 aliphatic heterocycles. The van der Waals surface area contributed by atoms with E-state index in [4.69, 9.17) is 5.73 Å². The second kappa shape index (κ2) is 6.01. The van der Waals surface area contributed by atoms with Crippen molar-refractivity contribution in [3.8, 4) is 0 Å². The minimum Gasteiger partial charge on any atom is -0.347 e. The largest absolute Gasteiger partial charge is 0.347 e. The Bertz CT molecular complexity index is 452. The van der Waals surface area contributed by atoms with Crippen LogP contribution in [0.3, 0.4) is 0 Å². The fourth-order valence-electron chi connectivity index (χ4n) is 2.27. The fourth-order valence-corrected chi connectivity index (χ4v) is 3.12. The molecule has 1 aliphatic carbocycles. The molecule has 3 N–H and O–H groups in total. The van der Waals surface area contributed by atoms with Gasteiger partial charge in [-0.1, -0.05) is 13.8 Å². The zero-order chi connectivity index (χ0) is 14.0. The summed E-state index contributed by atoms with van der Waals surface area (Å²) in [6, 6.07) is 0.127. The van der Waals surface area contributed by atoms with Gasteiger partial charge >= 0.3 is 0 Å². The van der Waals surface area contributed by atoms with E-state index in [1.165, 1.54) is 24.2 Å². The molecule has 1 amide bonds. The molecule has 4 nitrogen and oxygen atoms in total. The Kier molecular flexibility index (Phi) is 4.58. The summed E-state index contributed by atoms with van der Waals surface area (Å²) < 4.78 is 0. The monoisotopic (exact) mass is 281 g/mol. The van der Waals surface area contributed by atoms with Crippen molar-refractivity contribution >= 4 is 17.2 Å². The summed E-state index contributed by atoms with van der Waals surface area (Å²) in [6.45, 7) is 6.76. The Morgan fingerprint density at radius 1 is 1.53 bits per heavy atom. The number of hydrogen-bond acceptors (Lipinski definition) is 4. The Balaban J connectivity index is 2.08. The van der Waals surface area contributed by atoms with Crippen molar-refractivity contribution in [2.75, 3.05) is 6.54 Å². The highest BCUT2D eigenvalue weighted by Crippen LogP contribution is 2.32. The predicted octanol–water partition coefficient (Wildman–Crippen LogP) is 2.12. The topological polar surface area (TPSA) is 68.0 Å². The first-order chi connectivity index (χ1) is 9.01. The molecule has 0 saturated heterocycles. The highest BCUT2D eigenvalue weighted by molar-refractivity contribution is 7.13. The Morgan fingerprint density at radius 2 is 2.21 bits per heavy atom. The minimum atomic E-state index is 0.00333. The van der Waals surface area contributed by atoms with Gasteiger partial charge in [0.05, 0.1) is 10.7 Å². The molecule has 0 spiro atoms. The number of nitrogens with two attached hydrogens (primary N) is 1. The van der Waals surface area contributed by atoms with Gasteiger partial charge in [-0.2, -0.15) is 0 Å². The van der Waals surface area contributed by atoms with E-state index in [9.17, 15) is 4.79 Å². The van der Waals surface area contributed by atoms with Crippen molar-refractivity contribution < 1.29 is 4.79 Å². The zero-order valence-corrected chi connectivity index (χ0v) is 12.7. The van der Waals surface area contributed by atoms with E-state index in [2.05, 4.69) is 24.1 Å². The van der Waals surface area contributed by atoms with Crippen molar-refractivity contribution in [3.05, 3.63) is 15.6 Å². The zero-order valence-electron chi connectivity index (χ0n) is 11.9. The molecule has 106 valence electrons. The van der Waals surface area contributed by atoms with Gasteiger partial charge in [-0.05, 0) is 38.0 Å². The van der Waals surface area contributed by atoms with Gasteiger partial charge in [0, 0.05) is 12.6 Å². The van der Waals surface area contributed by atoms with Crippen LogP contribution >= 0.6 is 11.3 Å². The van der Waals surface area contributed by atoms with E-state index in [-0.39, 0.29) is 11.9 Å². The molecule has 1 fully saturated rings. The van der Waals surface area contributed by atoms with Crippen molar-refractivity contribution in [2.45, 2.75) is 46.1 Å². The number of thiazole rings is 1. The summed E-state index contributed by atoms with van der Waals surface area (Å²) in [5.74, 6) is 1.09. The lowest BCUT2D eigenvalue weighted by Gasteiger charge is -2.15. The normalized spacial score (nSPS) is 16.7. The van der Waals surface area contributed by atoms with Gasteiger partial charge < -0.3 is 11.1 Å². The molecule has 1 saturated carbocycles. The smallest absolute Gasteiger partial charge is 0.263 e. The molecule has 1 aromatic rings. The van der Waals surface area contributed by atoms with Gasteiger partial charge in [-0.3, -0.25) is 4.79 Å².